The van der Waals surface area contributed by atoms with Crippen LogP contribution >= 0.6 is 0 Å². The number of carbonyl (C=O) groups excluding carboxylic acids is 1. The number of methoxy groups -OCH3 is 1. The average Bonchev–Trinajstić information content (AvgIpc) is 3.28. The van der Waals surface area contributed by atoms with Crippen LogP contribution in [0, 0.1) is 18.2 Å². The lowest BCUT2D eigenvalue weighted by atomic mass is 9.87. The fraction of sp³-hybridized carbons (Fsp3) is 0.560. The average molecular weight is 486 g/mol. The van der Waals surface area contributed by atoms with Gasteiger partial charge in [-0.25, -0.2) is 9.37 Å². The lowest BCUT2D eigenvalue weighted by Gasteiger charge is -2.34. The zero-order valence-electron chi connectivity index (χ0n) is 21.3. The summed E-state index contributed by atoms with van der Waals surface area (Å²) in [5, 5.41) is 7.04. The molecule has 190 valence electrons. The van der Waals surface area contributed by atoms with Crippen LogP contribution in [-0.2, 0) is 24.4 Å². The summed E-state index contributed by atoms with van der Waals surface area (Å²) in [6.45, 7) is 11.6. The summed E-state index contributed by atoms with van der Waals surface area (Å²) in [5.74, 6) is -0.763. The number of hydrogen-bond donors (Lipinski definition) is 2. The van der Waals surface area contributed by atoms with Crippen LogP contribution in [0.5, 0.6) is 0 Å². The summed E-state index contributed by atoms with van der Waals surface area (Å²) < 4.78 is 23.5. The molecule has 35 heavy (non-hydrogen) atoms. The van der Waals surface area contributed by atoms with Crippen molar-refractivity contribution in [2.24, 2.45) is 11.1 Å². The van der Waals surface area contributed by atoms with E-state index >= 15 is 0 Å². The molecule has 0 saturated carbocycles. The van der Waals surface area contributed by atoms with Crippen LogP contribution in [0.3, 0.4) is 0 Å². The predicted octanol–water partition coefficient (Wildman–Crippen LogP) is 3.68. The third-order valence-electron chi connectivity index (χ3n) is 6.99. The van der Waals surface area contributed by atoms with Gasteiger partial charge in [-0.05, 0) is 44.4 Å². The van der Waals surface area contributed by atoms with E-state index in [2.05, 4.69) is 39.8 Å². The highest BCUT2D eigenvalue weighted by Gasteiger charge is 2.34. The van der Waals surface area contributed by atoms with E-state index in [9.17, 15) is 9.18 Å². The zero-order chi connectivity index (χ0) is 25.3. The maximum absolute atomic E-state index is 14.8. The molecular formula is C25H36FN7O2. The highest BCUT2D eigenvalue weighted by atomic mass is 19.1. The van der Waals surface area contributed by atoms with E-state index in [4.69, 9.17) is 15.5 Å². The van der Waals surface area contributed by atoms with Crippen molar-refractivity contribution >= 4 is 28.6 Å². The Labute approximate surface area is 205 Å². The lowest BCUT2D eigenvalue weighted by molar-refractivity contribution is 0.101. The maximum Gasteiger partial charge on any atom is 0.279 e. The molecule has 1 aromatic carbocycles. The summed E-state index contributed by atoms with van der Waals surface area (Å²) >= 11 is 0. The van der Waals surface area contributed by atoms with Gasteiger partial charge in [-0.2, -0.15) is 5.10 Å². The Hall–Kier alpha value is -2.98. The van der Waals surface area contributed by atoms with E-state index in [1.165, 1.54) is 4.68 Å². The molecular weight excluding hydrogens is 449 g/mol. The Morgan fingerprint density at radius 3 is 2.74 bits per heavy atom. The number of ether oxygens (including phenoxy) is 1. The van der Waals surface area contributed by atoms with Gasteiger partial charge in [-0.15, -0.1) is 0 Å². The number of aromatic nitrogens is 4. The molecule has 0 unspecified atom stereocenters. The quantitative estimate of drug-likeness (QED) is 0.448. The van der Waals surface area contributed by atoms with Crippen molar-refractivity contribution in [3.8, 4) is 0 Å². The highest BCUT2D eigenvalue weighted by molar-refractivity contribution is 6.04. The molecule has 3 N–H and O–H groups in total. The Kier molecular flexibility index (Phi) is 7.14. The molecule has 0 spiro atoms. The Bertz CT molecular complexity index is 1230. The van der Waals surface area contributed by atoms with Crippen LogP contribution in [0.1, 0.15) is 55.4 Å². The minimum absolute atomic E-state index is 0.0743. The molecule has 0 radical (unpaired) electrons. The Morgan fingerprint density at radius 1 is 1.31 bits per heavy atom. The largest absolute Gasteiger partial charge is 0.385 e. The molecule has 0 aliphatic carbocycles. The number of hydrogen-bond acceptors (Lipinski definition) is 6. The lowest BCUT2D eigenvalue weighted by Crippen LogP contribution is -2.37. The molecule has 0 fully saturated rings. The second kappa shape index (κ2) is 9.94. The van der Waals surface area contributed by atoms with Gasteiger partial charge in [0.2, 0.25) is 5.95 Å². The number of carbonyl (C=O) groups is 1. The number of nitrogens with two attached hydrogens (primary N) is 1. The third kappa shape index (κ3) is 4.64. The van der Waals surface area contributed by atoms with Crippen LogP contribution < -0.4 is 16.0 Å². The van der Waals surface area contributed by atoms with Gasteiger partial charge < -0.3 is 19.9 Å². The minimum Gasteiger partial charge on any atom is -0.385 e. The molecule has 1 aliphatic heterocycles. The summed E-state index contributed by atoms with van der Waals surface area (Å²) in [7, 11) is 1.71. The fourth-order valence-electron chi connectivity index (χ4n) is 4.88. The van der Waals surface area contributed by atoms with Crippen LogP contribution in [0.25, 0.3) is 11.0 Å². The molecule has 3 aromatic rings. The monoisotopic (exact) mass is 485 g/mol. The molecule has 9 nitrogen and oxygen atoms in total. The van der Waals surface area contributed by atoms with Gasteiger partial charge >= 0.3 is 0 Å². The number of anilines is 2. The van der Waals surface area contributed by atoms with Crippen molar-refractivity contribution in [1.29, 1.82) is 0 Å². The van der Waals surface area contributed by atoms with Gasteiger partial charge in [-0.3, -0.25) is 14.8 Å². The molecule has 1 amide bonds. The number of amides is 1. The SMILES string of the molecule is CCn1nc(C)c(F)c1C(=O)Nc1nc2cc(CN)cc3c2n1C[C@](C)(CC)CN3CCCOC. The molecule has 3 heterocycles. The van der Waals surface area contributed by atoms with E-state index in [1.807, 2.05) is 13.0 Å². The standard InChI is InChI=1S/C25H36FN7O2/c1-6-25(4)14-31(9-8-10-35-5)19-12-17(13-27)11-18-21(19)32(15-25)24(28-18)29-23(34)22-20(26)16(3)30-33(22)7-2/h11-12H,6-10,13-15,27H2,1-5H3,(H,28,29,34)/t25-/m1/s1. The first-order chi connectivity index (χ1) is 16.7. The first kappa shape index (κ1) is 25.1. The molecule has 4 rings (SSSR count). The summed E-state index contributed by atoms with van der Waals surface area (Å²) in [4.78, 5) is 20.4. The normalized spacial score (nSPS) is 17.7. The molecule has 2 aromatic heterocycles. The zero-order valence-corrected chi connectivity index (χ0v) is 21.3. The van der Waals surface area contributed by atoms with Crippen LogP contribution in [0.2, 0.25) is 0 Å². The molecule has 0 saturated heterocycles. The molecule has 10 heteroatoms. The van der Waals surface area contributed by atoms with E-state index < -0.39 is 11.7 Å². The first-order valence-corrected chi connectivity index (χ1v) is 12.3. The number of benzene rings is 1. The summed E-state index contributed by atoms with van der Waals surface area (Å²) in [6, 6.07) is 4.09. The van der Waals surface area contributed by atoms with E-state index in [1.54, 1.807) is 14.0 Å². The molecule has 1 aliphatic rings. The van der Waals surface area contributed by atoms with E-state index in [-0.39, 0.29) is 16.8 Å². The summed E-state index contributed by atoms with van der Waals surface area (Å²) in [6.07, 6.45) is 1.83. The number of halogens is 1. The number of aryl methyl sites for hydroxylation is 2. The van der Waals surface area contributed by atoms with Crippen LogP contribution in [0.4, 0.5) is 16.0 Å². The second-order valence-corrected chi connectivity index (χ2v) is 9.66. The van der Waals surface area contributed by atoms with Crippen molar-refractivity contribution in [1.82, 2.24) is 19.3 Å². The van der Waals surface area contributed by atoms with Gasteiger partial charge in [0.1, 0.15) is 0 Å². The Balaban J connectivity index is 1.84. The number of nitrogens with zero attached hydrogens (tertiary/aromatic N) is 5. The minimum atomic E-state index is -0.606. The number of imidazole rings is 1. The summed E-state index contributed by atoms with van der Waals surface area (Å²) in [5.41, 5.74) is 9.80. The van der Waals surface area contributed by atoms with Gasteiger partial charge in [-0.1, -0.05) is 13.8 Å². The molecule has 0 bridgehead atoms. The first-order valence-electron chi connectivity index (χ1n) is 12.3. The smallest absolute Gasteiger partial charge is 0.279 e. The van der Waals surface area contributed by atoms with Crippen LogP contribution in [-0.4, -0.2) is 52.0 Å². The van der Waals surface area contributed by atoms with Gasteiger partial charge in [0.25, 0.3) is 5.91 Å². The van der Waals surface area contributed by atoms with Gasteiger partial charge in [0, 0.05) is 51.9 Å². The van der Waals surface area contributed by atoms with E-state index in [0.29, 0.717) is 32.2 Å². The third-order valence-corrected chi connectivity index (χ3v) is 6.99. The van der Waals surface area contributed by atoms with Crippen LogP contribution in [0.15, 0.2) is 12.1 Å². The topological polar surface area (TPSA) is 103 Å². The fourth-order valence-corrected chi connectivity index (χ4v) is 4.88. The maximum atomic E-state index is 14.8. The highest BCUT2D eigenvalue weighted by Crippen LogP contribution is 2.40. The number of nitrogens with one attached hydrogen (secondary N) is 1. The van der Waals surface area contributed by atoms with E-state index in [0.717, 1.165) is 48.2 Å². The van der Waals surface area contributed by atoms with Crippen molar-refractivity contribution in [2.45, 2.75) is 60.2 Å². The second-order valence-electron chi connectivity index (χ2n) is 9.66. The van der Waals surface area contributed by atoms with Crippen molar-refractivity contribution in [2.75, 3.05) is 37.0 Å². The predicted molar refractivity (Wildman–Crippen MR) is 135 cm³/mol. The number of rotatable bonds is 9. The van der Waals surface area contributed by atoms with Crippen molar-refractivity contribution < 1.29 is 13.9 Å². The van der Waals surface area contributed by atoms with Gasteiger partial charge in [0.05, 0.1) is 22.4 Å². The van der Waals surface area contributed by atoms with Crippen molar-refractivity contribution in [3.05, 3.63) is 34.9 Å². The van der Waals surface area contributed by atoms with Gasteiger partial charge in [0.15, 0.2) is 11.5 Å². The Morgan fingerprint density at radius 2 is 2.09 bits per heavy atom. The molecule has 1 atom stereocenters. The van der Waals surface area contributed by atoms with Crippen molar-refractivity contribution in [3.63, 3.8) is 0 Å².